The van der Waals surface area contributed by atoms with Gasteiger partial charge in [-0.3, -0.25) is 4.79 Å². The molecule has 3 aromatic rings. The van der Waals surface area contributed by atoms with Crippen molar-refractivity contribution in [2.75, 3.05) is 11.9 Å². The summed E-state index contributed by atoms with van der Waals surface area (Å²) < 4.78 is 12.9. The van der Waals surface area contributed by atoms with E-state index in [-0.39, 0.29) is 11.7 Å². The molecule has 0 spiro atoms. The van der Waals surface area contributed by atoms with Crippen molar-refractivity contribution in [2.24, 2.45) is 0 Å². The van der Waals surface area contributed by atoms with Crippen molar-refractivity contribution in [1.82, 2.24) is 14.9 Å². The Bertz CT molecular complexity index is 941. The van der Waals surface area contributed by atoms with Crippen molar-refractivity contribution in [3.8, 4) is 0 Å². The van der Waals surface area contributed by atoms with Gasteiger partial charge in [0.2, 0.25) is 5.95 Å². The van der Waals surface area contributed by atoms with Gasteiger partial charge in [0.05, 0.1) is 5.56 Å². The molecule has 5 nitrogen and oxygen atoms in total. The van der Waals surface area contributed by atoms with E-state index in [1.165, 1.54) is 23.3 Å². The van der Waals surface area contributed by atoms with Gasteiger partial charge in [-0.2, -0.15) is 0 Å². The van der Waals surface area contributed by atoms with Crippen LogP contribution in [0.2, 0.25) is 0 Å². The molecule has 0 saturated heterocycles. The molecule has 4 rings (SSSR count). The van der Waals surface area contributed by atoms with E-state index >= 15 is 0 Å². The molecule has 0 atom stereocenters. The zero-order chi connectivity index (χ0) is 18.6. The predicted molar refractivity (Wildman–Crippen MR) is 101 cm³/mol. The van der Waals surface area contributed by atoms with Gasteiger partial charge in [-0.15, -0.1) is 0 Å². The highest BCUT2D eigenvalue weighted by molar-refractivity contribution is 5.93. The fourth-order valence-electron chi connectivity index (χ4n) is 3.16. The minimum Gasteiger partial charge on any atom is -0.350 e. The SMILES string of the molecule is O=C(c1cnc(NCc2ccc(F)cc2)nc1)N1CCc2ccccc2C1. The lowest BCUT2D eigenvalue weighted by atomic mass is 9.99. The molecular formula is C21H19FN4O. The number of nitrogens with one attached hydrogen (secondary N) is 1. The quantitative estimate of drug-likeness (QED) is 0.773. The number of nitrogens with zero attached hydrogens (tertiary/aromatic N) is 3. The molecule has 1 aliphatic rings. The summed E-state index contributed by atoms with van der Waals surface area (Å²) >= 11 is 0. The Kier molecular flexibility index (Phi) is 4.78. The van der Waals surface area contributed by atoms with Gasteiger partial charge in [-0.25, -0.2) is 14.4 Å². The number of hydrogen-bond donors (Lipinski definition) is 1. The molecule has 1 amide bonds. The van der Waals surface area contributed by atoms with Crippen molar-refractivity contribution in [1.29, 1.82) is 0 Å². The average Bonchev–Trinajstić information content (AvgIpc) is 2.73. The number of halogens is 1. The zero-order valence-electron chi connectivity index (χ0n) is 14.7. The molecule has 0 saturated carbocycles. The van der Waals surface area contributed by atoms with Crippen LogP contribution in [0.5, 0.6) is 0 Å². The summed E-state index contributed by atoms with van der Waals surface area (Å²) in [5.41, 5.74) is 3.89. The third-order valence-electron chi connectivity index (χ3n) is 4.68. The lowest BCUT2D eigenvalue weighted by Crippen LogP contribution is -2.36. The summed E-state index contributed by atoms with van der Waals surface area (Å²) in [6, 6.07) is 14.4. The first-order chi connectivity index (χ1) is 13.2. The van der Waals surface area contributed by atoms with Gasteiger partial charge < -0.3 is 10.2 Å². The van der Waals surface area contributed by atoms with Crippen molar-refractivity contribution in [3.63, 3.8) is 0 Å². The molecule has 1 aromatic heterocycles. The molecule has 6 heteroatoms. The zero-order valence-corrected chi connectivity index (χ0v) is 14.7. The van der Waals surface area contributed by atoms with E-state index < -0.39 is 0 Å². The predicted octanol–water partition coefficient (Wildman–Crippen LogP) is 3.43. The standard InChI is InChI=1S/C21H19FN4O/c22-19-7-5-15(6-8-19)11-23-21-24-12-18(13-25-21)20(27)26-10-9-16-3-1-2-4-17(16)14-26/h1-8,12-13H,9-11,14H2,(H,23,24,25). The summed E-state index contributed by atoms with van der Waals surface area (Å²) in [6.45, 7) is 1.79. The minimum absolute atomic E-state index is 0.0606. The van der Waals surface area contributed by atoms with Crippen molar-refractivity contribution >= 4 is 11.9 Å². The highest BCUT2D eigenvalue weighted by atomic mass is 19.1. The Balaban J connectivity index is 1.38. The third kappa shape index (κ3) is 3.95. The smallest absolute Gasteiger partial charge is 0.257 e. The van der Waals surface area contributed by atoms with E-state index in [0.717, 1.165) is 12.0 Å². The summed E-state index contributed by atoms with van der Waals surface area (Å²) in [6.07, 6.45) is 3.95. The normalized spacial score (nSPS) is 13.1. The number of carbonyl (C=O) groups is 1. The van der Waals surface area contributed by atoms with E-state index in [9.17, 15) is 9.18 Å². The fraction of sp³-hybridized carbons (Fsp3) is 0.190. The number of rotatable bonds is 4. The molecule has 27 heavy (non-hydrogen) atoms. The van der Waals surface area contributed by atoms with Crippen LogP contribution < -0.4 is 5.32 Å². The van der Waals surface area contributed by atoms with Gasteiger partial charge in [0.25, 0.3) is 5.91 Å². The van der Waals surface area contributed by atoms with Crippen LogP contribution in [0.1, 0.15) is 27.0 Å². The van der Waals surface area contributed by atoms with E-state index in [1.807, 2.05) is 17.0 Å². The van der Waals surface area contributed by atoms with Crippen molar-refractivity contribution in [2.45, 2.75) is 19.5 Å². The molecule has 0 bridgehead atoms. The molecule has 1 N–H and O–H groups in total. The first-order valence-corrected chi connectivity index (χ1v) is 8.85. The lowest BCUT2D eigenvalue weighted by molar-refractivity contribution is 0.0734. The van der Waals surface area contributed by atoms with Crippen LogP contribution in [0.25, 0.3) is 0 Å². The topological polar surface area (TPSA) is 58.1 Å². The number of hydrogen-bond acceptors (Lipinski definition) is 4. The van der Waals surface area contributed by atoms with Gasteiger partial charge in [0.1, 0.15) is 5.82 Å². The maximum atomic E-state index is 12.9. The van der Waals surface area contributed by atoms with Crippen LogP contribution in [0.3, 0.4) is 0 Å². The van der Waals surface area contributed by atoms with E-state index in [2.05, 4.69) is 27.4 Å². The van der Waals surface area contributed by atoms with Crippen LogP contribution in [0.15, 0.2) is 60.9 Å². The van der Waals surface area contributed by atoms with E-state index in [0.29, 0.717) is 31.1 Å². The van der Waals surface area contributed by atoms with Gasteiger partial charge in [0, 0.05) is 32.0 Å². The number of fused-ring (bicyclic) bond motifs is 1. The maximum Gasteiger partial charge on any atom is 0.257 e. The Hall–Kier alpha value is -3.28. The van der Waals surface area contributed by atoms with Crippen LogP contribution >= 0.6 is 0 Å². The molecule has 0 unspecified atom stereocenters. The number of amides is 1. The number of anilines is 1. The van der Waals surface area contributed by atoms with Crippen molar-refractivity contribution < 1.29 is 9.18 Å². The largest absolute Gasteiger partial charge is 0.350 e. The van der Waals surface area contributed by atoms with Crippen LogP contribution in [-0.4, -0.2) is 27.3 Å². The molecule has 0 radical (unpaired) electrons. The fourth-order valence-corrected chi connectivity index (χ4v) is 3.16. The Labute approximate surface area is 156 Å². The molecule has 0 aliphatic carbocycles. The first kappa shape index (κ1) is 17.1. The van der Waals surface area contributed by atoms with Crippen LogP contribution in [0.4, 0.5) is 10.3 Å². The number of benzene rings is 2. The molecule has 136 valence electrons. The van der Waals surface area contributed by atoms with Gasteiger partial charge >= 0.3 is 0 Å². The van der Waals surface area contributed by atoms with E-state index in [1.54, 1.807) is 24.5 Å². The second kappa shape index (κ2) is 7.53. The summed E-state index contributed by atoms with van der Waals surface area (Å²) in [7, 11) is 0. The molecular weight excluding hydrogens is 343 g/mol. The summed E-state index contributed by atoms with van der Waals surface area (Å²) in [4.78, 5) is 23.0. The molecule has 1 aliphatic heterocycles. The monoisotopic (exact) mass is 362 g/mol. The molecule has 2 heterocycles. The Morgan fingerprint density at radius 1 is 1.04 bits per heavy atom. The average molecular weight is 362 g/mol. The Morgan fingerprint density at radius 3 is 2.48 bits per heavy atom. The minimum atomic E-state index is -0.266. The van der Waals surface area contributed by atoms with Crippen LogP contribution in [0, 0.1) is 5.82 Å². The van der Waals surface area contributed by atoms with Crippen LogP contribution in [-0.2, 0) is 19.5 Å². The van der Waals surface area contributed by atoms with Crippen molar-refractivity contribution in [3.05, 3.63) is 89.0 Å². The third-order valence-corrected chi connectivity index (χ3v) is 4.68. The summed E-state index contributed by atoms with van der Waals surface area (Å²) in [5, 5.41) is 3.07. The van der Waals surface area contributed by atoms with Gasteiger partial charge in [-0.05, 0) is 35.2 Å². The lowest BCUT2D eigenvalue weighted by Gasteiger charge is -2.28. The van der Waals surface area contributed by atoms with Gasteiger partial charge in [-0.1, -0.05) is 36.4 Å². The van der Waals surface area contributed by atoms with E-state index in [4.69, 9.17) is 0 Å². The second-order valence-corrected chi connectivity index (χ2v) is 6.52. The maximum absolute atomic E-state index is 12.9. The molecule has 0 fully saturated rings. The Morgan fingerprint density at radius 2 is 1.74 bits per heavy atom. The first-order valence-electron chi connectivity index (χ1n) is 8.85. The van der Waals surface area contributed by atoms with Gasteiger partial charge in [0.15, 0.2) is 0 Å². The highest BCUT2D eigenvalue weighted by Crippen LogP contribution is 2.20. The second-order valence-electron chi connectivity index (χ2n) is 6.52. The highest BCUT2D eigenvalue weighted by Gasteiger charge is 2.22. The summed E-state index contributed by atoms with van der Waals surface area (Å²) in [5.74, 6) is 0.104. The molecule has 2 aromatic carbocycles. The number of aromatic nitrogens is 2. The number of carbonyl (C=O) groups excluding carboxylic acids is 1.